The lowest BCUT2D eigenvalue weighted by Gasteiger charge is -2.35. The highest BCUT2D eigenvalue weighted by molar-refractivity contribution is 5.79. The van der Waals surface area contributed by atoms with Crippen molar-refractivity contribution in [3.8, 4) is 0 Å². The van der Waals surface area contributed by atoms with E-state index in [0.717, 1.165) is 51.7 Å². The molecule has 1 saturated heterocycles. The molecule has 3 rings (SSSR count). The smallest absolute Gasteiger partial charge is 0.224 e. The topological polar surface area (TPSA) is 52.6 Å². The normalized spacial score (nSPS) is 31.1. The molecule has 1 aliphatic heterocycles. The van der Waals surface area contributed by atoms with Gasteiger partial charge in [0.05, 0.1) is 12.5 Å². The number of carbonyl (C=O) groups excluding carboxylic acids is 1. The largest absolute Gasteiger partial charge is 0.396 e. The zero-order valence-electron chi connectivity index (χ0n) is 14.7. The summed E-state index contributed by atoms with van der Waals surface area (Å²) in [6.07, 6.45) is 5.13. The monoisotopic (exact) mass is 330 g/mol. The highest BCUT2D eigenvalue weighted by Crippen LogP contribution is 2.37. The average molecular weight is 330 g/mol. The molecule has 0 bridgehead atoms. The molecule has 4 heteroatoms. The predicted molar refractivity (Wildman–Crippen MR) is 95.4 cm³/mol. The molecule has 1 heterocycles. The van der Waals surface area contributed by atoms with E-state index in [-0.39, 0.29) is 29.9 Å². The summed E-state index contributed by atoms with van der Waals surface area (Å²) in [4.78, 5) is 15.1. The predicted octanol–water partition coefficient (Wildman–Crippen LogP) is 2.57. The maximum Gasteiger partial charge on any atom is 0.224 e. The number of carbonyl (C=O) groups is 1. The SMILES string of the molecule is CC1(CO)CCCC1NC(=O)C1CCCN(Cc2ccccc2)C1. The molecule has 1 saturated carbocycles. The number of benzene rings is 1. The van der Waals surface area contributed by atoms with Crippen LogP contribution in [0.15, 0.2) is 30.3 Å². The molecule has 3 atom stereocenters. The number of amides is 1. The minimum Gasteiger partial charge on any atom is -0.396 e. The number of rotatable bonds is 5. The maximum absolute atomic E-state index is 12.7. The summed E-state index contributed by atoms with van der Waals surface area (Å²) in [6, 6.07) is 10.6. The van der Waals surface area contributed by atoms with Gasteiger partial charge in [-0.05, 0) is 37.8 Å². The summed E-state index contributed by atoms with van der Waals surface area (Å²) >= 11 is 0. The van der Waals surface area contributed by atoms with Crippen molar-refractivity contribution in [2.24, 2.45) is 11.3 Å². The van der Waals surface area contributed by atoms with Crippen LogP contribution in [-0.2, 0) is 11.3 Å². The van der Waals surface area contributed by atoms with Crippen molar-refractivity contribution >= 4 is 5.91 Å². The first-order valence-electron chi connectivity index (χ1n) is 9.28. The van der Waals surface area contributed by atoms with Gasteiger partial charge in [-0.1, -0.05) is 43.7 Å². The molecule has 1 aromatic rings. The lowest BCUT2D eigenvalue weighted by molar-refractivity contribution is -0.128. The second kappa shape index (κ2) is 7.66. The summed E-state index contributed by atoms with van der Waals surface area (Å²) in [7, 11) is 0. The number of aliphatic hydroxyl groups is 1. The molecule has 3 unspecified atom stereocenters. The van der Waals surface area contributed by atoms with Gasteiger partial charge in [-0.3, -0.25) is 9.69 Å². The molecular formula is C20H30N2O2. The number of likely N-dealkylation sites (tertiary alicyclic amines) is 1. The Balaban J connectivity index is 1.55. The minimum absolute atomic E-state index is 0.0750. The first kappa shape index (κ1) is 17.4. The molecule has 0 aromatic heterocycles. The Bertz CT molecular complexity index is 548. The Kier molecular flexibility index (Phi) is 5.57. The van der Waals surface area contributed by atoms with Crippen molar-refractivity contribution < 1.29 is 9.90 Å². The molecule has 1 aliphatic carbocycles. The van der Waals surface area contributed by atoms with Crippen molar-refractivity contribution in [1.29, 1.82) is 0 Å². The average Bonchev–Trinajstić information content (AvgIpc) is 2.97. The van der Waals surface area contributed by atoms with Crippen molar-refractivity contribution in [3.05, 3.63) is 35.9 Å². The van der Waals surface area contributed by atoms with Crippen molar-refractivity contribution in [3.63, 3.8) is 0 Å². The molecular weight excluding hydrogens is 300 g/mol. The van der Waals surface area contributed by atoms with Gasteiger partial charge in [0.1, 0.15) is 0 Å². The zero-order valence-corrected chi connectivity index (χ0v) is 14.7. The van der Waals surface area contributed by atoms with Crippen LogP contribution >= 0.6 is 0 Å². The summed E-state index contributed by atoms with van der Waals surface area (Å²) in [5.41, 5.74) is 1.16. The lowest BCUT2D eigenvalue weighted by Crippen LogP contribution is -2.49. The van der Waals surface area contributed by atoms with Crippen LogP contribution in [0.25, 0.3) is 0 Å². The summed E-state index contributed by atoms with van der Waals surface area (Å²) in [5.74, 6) is 0.255. The van der Waals surface area contributed by atoms with Gasteiger partial charge >= 0.3 is 0 Å². The third-order valence-corrected chi connectivity index (χ3v) is 5.88. The van der Waals surface area contributed by atoms with Gasteiger partial charge in [0.2, 0.25) is 5.91 Å². The number of nitrogens with zero attached hydrogens (tertiary/aromatic N) is 1. The van der Waals surface area contributed by atoms with Gasteiger partial charge in [-0.25, -0.2) is 0 Å². The second-order valence-electron chi connectivity index (χ2n) is 7.83. The number of hydrogen-bond donors (Lipinski definition) is 2. The Hall–Kier alpha value is -1.39. The molecule has 4 nitrogen and oxygen atoms in total. The highest BCUT2D eigenvalue weighted by Gasteiger charge is 2.40. The van der Waals surface area contributed by atoms with Crippen LogP contribution in [0.5, 0.6) is 0 Å². The van der Waals surface area contributed by atoms with E-state index >= 15 is 0 Å². The van der Waals surface area contributed by atoms with Crippen LogP contribution < -0.4 is 5.32 Å². The van der Waals surface area contributed by atoms with E-state index in [9.17, 15) is 9.90 Å². The quantitative estimate of drug-likeness (QED) is 0.872. The van der Waals surface area contributed by atoms with Crippen LogP contribution in [0.2, 0.25) is 0 Å². The van der Waals surface area contributed by atoms with E-state index in [1.54, 1.807) is 0 Å². The van der Waals surface area contributed by atoms with Crippen LogP contribution in [-0.4, -0.2) is 41.7 Å². The van der Waals surface area contributed by atoms with E-state index < -0.39 is 0 Å². The van der Waals surface area contributed by atoms with Gasteiger partial charge in [0, 0.05) is 24.5 Å². The Morgan fingerprint density at radius 2 is 2.08 bits per heavy atom. The van der Waals surface area contributed by atoms with Crippen LogP contribution in [0, 0.1) is 11.3 Å². The fourth-order valence-corrected chi connectivity index (χ4v) is 4.21. The number of aliphatic hydroxyl groups excluding tert-OH is 1. The molecule has 132 valence electrons. The lowest BCUT2D eigenvalue weighted by atomic mass is 9.85. The Labute approximate surface area is 145 Å². The first-order chi connectivity index (χ1) is 11.6. The molecule has 0 radical (unpaired) electrons. The van der Waals surface area contributed by atoms with E-state index in [1.807, 2.05) is 6.07 Å². The fourth-order valence-electron chi connectivity index (χ4n) is 4.21. The molecule has 1 amide bonds. The summed E-state index contributed by atoms with van der Waals surface area (Å²) < 4.78 is 0. The van der Waals surface area contributed by atoms with E-state index in [2.05, 4.69) is 41.4 Å². The molecule has 0 spiro atoms. The molecule has 1 aromatic carbocycles. The Morgan fingerprint density at radius 1 is 1.29 bits per heavy atom. The first-order valence-corrected chi connectivity index (χ1v) is 9.28. The van der Waals surface area contributed by atoms with Crippen LogP contribution in [0.3, 0.4) is 0 Å². The molecule has 2 fully saturated rings. The number of hydrogen-bond acceptors (Lipinski definition) is 3. The fraction of sp³-hybridized carbons (Fsp3) is 0.650. The molecule has 2 aliphatic rings. The van der Waals surface area contributed by atoms with Gasteiger partial charge in [0.25, 0.3) is 0 Å². The third-order valence-electron chi connectivity index (χ3n) is 5.88. The molecule has 24 heavy (non-hydrogen) atoms. The van der Waals surface area contributed by atoms with E-state index in [1.165, 1.54) is 5.56 Å². The summed E-state index contributed by atoms with van der Waals surface area (Å²) in [5, 5.41) is 12.9. The Morgan fingerprint density at radius 3 is 2.83 bits per heavy atom. The maximum atomic E-state index is 12.7. The minimum atomic E-state index is -0.145. The van der Waals surface area contributed by atoms with Gasteiger partial charge < -0.3 is 10.4 Å². The van der Waals surface area contributed by atoms with Gasteiger partial charge in [0.15, 0.2) is 0 Å². The van der Waals surface area contributed by atoms with Crippen molar-refractivity contribution in [1.82, 2.24) is 10.2 Å². The zero-order chi connectivity index (χ0) is 17.0. The van der Waals surface area contributed by atoms with E-state index in [4.69, 9.17) is 0 Å². The van der Waals surface area contributed by atoms with Crippen LogP contribution in [0.4, 0.5) is 0 Å². The molecule has 2 N–H and O–H groups in total. The third kappa shape index (κ3) is 3.98. The van der Waals surface area contributed by atoms with E-state index in [0.29, 0.717) is 0 Å². The van der Waals surface area contributed by atoms with Gasteiger partial charge in [-0.2, -0.15) is 0 Å². The highest BCUT2D eigenvalue weighted by atomic mass is 16.3. The van der Waals surface area contributed by atoms with Gasteiger partial charge in [-0.15, -0.1) is 0 Å². The van der Waals surface area contributed by atoms with Crippen molar-refractivity contribution in [2.75, 3.05) is 19.7 Å². The number of piperidine rings is 1. The summed E-state index contributed by atoms with van der Waals surface area (Å²) in [6.45, 7) is 5.07. The van der Waals surface area contributed by atoms with Crippen LogP contribution in [0.1, 0.15) is 44.6 Å². The second-order valence-corrected chi connectivity index (χ2v) is 7.83. The van der Waals surface area contributed by atoms with Crippen molar-refractivity contribution in [2.45, 2.75) is 51.6 Å². The standard InChI is InChI=1S/C20H30N2O2/c1-20(15-23)11-5-10-18(20)21-19(24)17-9-6-12-22(14-17)13-16-7-3-2-4-8-16/h2-4,7-8,17-18,23H,5-6,9-15H2,1H3,(H,21,24). The number of nitrogens with one attached hydrogen (secondary N) is 1.